The van der Waals surface area contributed by atoms with Crippen molar-refractivity contribution < 1.29 is 26.4 Å². The van der Waals surface area contributed by atoms with Crippen molar-refractivity contribution in [2.24, 2.45) is 9.63 Å². The topological polar surface area (TPSA) is 111 Å². The van der Waals surface area contributed by atoms with Gasteiger partial charge in [0.05, 0.1) is 4.75 Å². The molecule has 2 heterocycles. The number of halogens is 2. The predicted octanol–water partition coefficient (Wildman–Crippen LogP) is 6.12. The first-order valence-electron chi connectivity index (χ1n) is 11.4. The van der Waals surface area contributed by atoms with Crippen LogP contribution in [0, 0.1) is 18.6 Å². The summed E-state index contributed by atoms with van der Waals surface area (Å²) in [5.41, 5.74) is 0.216. The van der Waals surface area contributed by atoms with Crippen LogP contribution in [0.25, 0.3) is 11.0 Å². The number of hydrogen-bond donors (Lipinski definition) is 0. The Bertz CT molecular complexity index is 1730. The molecule has 190 valence electrons. The quantitative estimate of drug-likeness (QED) is 0.212. The Kier molecular flexibility index (Phi) is 6.10. The molecule has 0 amide bonds. The lowest BCUT2D eigenvalue weighted by molar-refractivity contribution is 0.422. The highest BCUT2D eigenvalue weighted by molar-refractivity contribution is 7.91. The van der Waals surface area contributed by atoms with Crippen molar-refractivity contribution in [1.29, 1.82) is 0 Å². The average Bonchev–Trinajstić information content (AvgIpc) is 3.62. The Morgan fingerprint density at radius 2 is 1.92 bits per heavy atom. The number of ether oxygens (including phenoxy) is 1. The number of sulfonamides is 1. The highest BCUT2D eigenvalue weighted by Gasteiger charge is 2.50. The number of nitrogens with zero attached hydrogens (tertiary/aromatic N) is 3. The van der Waals surface area contributed by atoms with Crippen molar-refractivity contribution in [3.05, 3.63) is 93.5 Å². The van der Waals surface area contributed by atoms with E-state index in [1.165, 1.54) is 42.6 Å². The number of aryl methyl sites for hydroxylation is 1. The molecule has 1 saturated carbocycles. The minimum atomic E-state index is -3.85. The highest BCUT2D eigenvalue weighted by Crippen LogP contribution is 2.44. The summed E-state index contributed by atoms with van der Waals surface area (Å²) in [6, 6.07) is 11.6. The maximum atomic E-state index is 15.2. The van der Waals surface area contributed by atoms with Gasteiger partial charge in [0.2, 0.25) is 0 Å². The fourth-order valence-electron chi connectivity index (χ4n) is 3.80. The first-order valence-corrected chi connectivity index (χ1v) is 12.8. The summed E-state index contributed by atoms with van der Waals surface area (Å²) in [7, 11) is -3.85. The van der Waals surface area contributed by atoms with E-state index in [2.05, 4.69) is 14.6 Å². The maximum Gasteiger partial charge on any atom is 0.340 e. The molecule has 0 aliphatic heterocycles. The number of aromatic nitrogens is 1. The van der Waals surface area contributed by atoms with Gasteiger partial charge in [-0.3, -0.25) is 0 Å². The lowest BCUT2D eigenvalue weighted by Crippen LogP contribution is -2.15. The van der Waals surface area contributed by atoms with Crippen LogP contribution in [-0.4, -0.2) is 18.1 Å². The molecule has 1 fully saturated rings. The number of benzene rings is 2. The molecular weight excluding hydrogens is 504 g/mol. The van der Waals surface area contributed by atoms with Gasteiger partial charge in [0.15, 0.2) is 11.6 Å². The molecule has 0 saturated heterocycles. The van der Waals surface area contributed by atoms with E-state index in [1.54, 1.807) is 26.0 Å². The lowest BCUT2D eigenvalue weighted by Gasteiger charge is -2.11. The molecule has 5 rings (SSSR count). The summed E-state index contributed by atoms with van der Waals surface area (Å²) < 4.78 is 67.0. The zero-order valence-corrected chi connectivity index (χ0v) is 20.7. The largest absolute Gasteiger partial charge is 0.436 e. The van der Waals surface area contributed by atoms with E-state index in [1.807, 2.05) is 0 Å². The molecule has 1 aliphatic carbocycles. The van der Waals surface area contributed by atoms with Gasteiger partial charge >= 0.3 is 5.63 Å². The van der Waals surface area contributed by atoms with Crippen LogP contribution >= 0.6 is 0 Å². The van der Waals surface area contributed by atoms with E-state index in [9.17, 15) is 17.6 Å². The molecule has 0 spiro atoms. The Balaban J connectivity index is 1.45. The van der Waals surface area contributed by atoms with Crippen LogP contribution in [0.2, 0.25) is 0 Å². The van der Waals surface area contributed by atoms with E-state index in [0.29, 0.717) is 23.8 Å². The molecule has 37 heavy (non-hydrogen) atoms. The summed E-state index contributed by atoms with van der Waals surface area (Å²) >= 11 is 0. The third-order valence-electron chi connectivity index (χ3n) is 6.46. The molecule has 2 aromatic carbocycles. The smallest absolute Gasteiger partial charge is 0.340 e. The van der Waals surface area contributed by atoms with Gasteiger partial charge in [-0.1, -0.05) is 16.7 Å². The molecule has 0 N–H and O–H groups in total. The van der Waals surface area contributed by atoms with Gasteiger partial charge in [-0.05, 0) is 68.1 Å². The normalized spacial score (nSPS) is 14.8. The number of pyridine rings is 1. The van der Waals surface area contributed by atoms with E-state index in [0.717, 1.165) is 0 Å². The van der Waals surface area contributed by atoms with Gasteiger partial charge in [0.25, 0.3) is 15.9 Å². The second kappa shape index (κ2) is 9.15. The predicted molar refractivity (Wildman–Crippen MR) is 132 cm³/mol. The standard InChI is InChI=1S/C26H21F2N3O5S/c1-15-18-9-8-17(35-24-20(27)6-4-12-29-24)14-22(18)36-25(32)19(15)13-16-5-3-7-21(23(16)28)30-31-37(33,34)26(2)10-11-26/h3-9,12,14H,10-11,13H2,1-2H3. The third-order valence-corrected chi connectivity index (χ3v) is 8.41. The molecule has 4 aromatic rings. The van der Waals surface area contributed by atoms with Gasteiger partial charge in [0.1, 0.15) is 17.0 Å². The van der Waals surface area contributed by atoms with Crippen LogP contribution in [0.3, 0.4) is 0 Å². The van der Waals surface area contributed by atoms with E-state index >= 15 is 4.39 Å². The van der Waals surface area contributed by atoms with E-state index < -0.39 is 32.0 Å². The monoisotopic (exact) mass is 525 g/mol. The SMILES string of the molecule is Cc1c(Cc2cccc(N=NS(=O)(=O)C3(C)CC3)c2F)c(=O)oc2cc(Oc3ncccc3F)ccc12. The molecule has 0 bridgehead atoms. The summed E-state index contributed by atoms with van der Waals surface area (Å²) in [5, 5.41) is 4.23. The second-order valence-corrected chi connectivity index (χ2v) is 11.2. The van der Waals surface area contributed by atoms with Gasteiger partial charge < -0.3 is 9.15 Å². The minimum absolute atomic E-state index is 0.110. The zero-order chi connectivity index (χ0) is 26.4. The summed E-state index contributed by atoms with van der Waals surface area (Å²) in [5.74, 6) is -1.41. The molecular formula is C26H21F2N3O5S. The van der Waals surface area contributed by atoms with Crippen LogP contribution in [-0.2, 0) is 16.4 Å². The van der Waals surface area contributed by atoms with Crippen LogP contribution in [0.5, 0.6) is 11.6 Å². The molecule has 1 aliphatic rings. The fraction of sp³-hybridized carbons (Fsp3) is 0.231. The number of rotatable bonds is 7. The van der Waals surface area contributed by atoms with E-state index in [-0.39, 0.29) is 40.4 Å². The summed E-state index contributed by atoms with van der Waals surface area (Å²) in [6.45, 7) is 3.28. The molecule has 8 nitrogen and oxygen atoms in total. The van der Waals surface area contributed by atoms with Crippen molar-refractivity contribution >= 4 is 26.7 Å². The van der Waals surface area contributed by atoms with Crippen molar-refractivity contribution in [3.8, 4) is 11.6 Å². The average molecular weight is 526 g/mol. The molecule has 11 heteroatoms. The van der Waals surface area contributed by atoms with Crippen LogP contribution in [0.1, 0.15) is 36.5 Å². The third kappa shape index (κ3) is 4.74. The highest BCUT2D eigenvalue weighted by atomic mass is 32.2. The first kappa shape index (κ1) is 24.7. The van der Waals surface area contributed by atoms with E-state index in [4.69, 9.17) is 9.15 Å². The second-order valence-electron chi connectivity index (χ2n) is 9.08. The Morgan fingerprint density at radius 3 is 2.65 bits per heavy atom. The Labute approximate surface area is 210 Å². The zero-order valence-electron chi connectivity index (χ0n) is 19.9. The van der Waals surface area contributed by atoms with Gasteiger partial charge in [0, 0.05) is 29.6 Å². The van der Waals surface area contributed by atoms with Crippen molar-refractivity contribution in [3.63, 3.8) is 0 Å². The van der Waals surface area contributed by atoms with Gasteiger partial charge in [-0.15, -0.1) is 5.11 Å². The molecule has 0 atom stereocenters. The molecule has 0 unspecified atom stereocenters. The first-order chi connectivity index (χ1) is 17.6. The number of fused-ring (bicyclic) bond motifs is 1. The minimum Gasteiger partial charge on any atom is -0.436 e. The van der Waals surface area contributed by atoms with Gasteiger partial charge in [-0.2, -0.15) is 0 Å². The Hall–Kier alpha value is -3.99. The van der Waals surface area contributed by atoms with Crippen molar-refractivity contribution in [1.82, 2.24) is 4.98 Å². The van der Waals surface area contributed by atoms with Gasteiger partial charge in [-0.25, -0.2) is 27.0 Å². The molecule has 2 aromatic heterocycles. The Morgan fingerprint density at radius 1 is 1.14 bits per heavy atom. The van der Waals surface area contributed by atoms with Crippen molar-refractivity contribution in [2.45, 2.75) is 37.9 Å². The van der Waals surface area contributed by atoms with Crippen LogP contribution < -0.4 is 10.4 Å². The van der Waals surface area contributed by atoms with Crippen LogP contribution in [0.4, 0.5) is 14.5 Å². The van der Waals surface area contributed by atoms with Crippen LogP contribution in [0.15, 0.2) is 73.6 Å². The summed E-state index contributed by atoms with van der Waals surface area (Å²) in [4.78, 5) is 16.7. The fourth-order valence-corrected chi connectivity index (χ4v) is 4.81. The van der Waals surface area contributed by atoms with Crippen molar-refractivity contribution in [2.75, 3.05) is 0 Å². The number of hydrogen-bond acceptors (Lipinski definition) is 7. The molecule has 0 radical (unpaired) electrons. The maximum absolute atomic E-state index is 15.2. The summed E-state index contributed by atoms with van der Waals surface area (Å²) in [6.07, 6.45) is 2.25. The lowest BCUT2D eigenvalue weighted by atomic mass is 9.99.